The van der Waals surface area contributed by atoms with Crippen molar-refractivity contribution in [3.8, 4) is 0 Å². The van der Waals surface area contributed by atoms with Gasteiger partial charge in [0.2, 0.25) is 0 Å². The molecule has 0 saturated carbocycles. The van der Waals surface area contributed by atoms with Gasteiger partial charge in [-0.25, -0.2) is 0 Å². The fraction of sp³-hybridized carbons (Fsp3) is 0.716. The van der Waals surface area contributed by atoms with E-state index < -0.39 is 6.10 Å². The van der Waals surface area contributed by atoms with Crippen LogP contribution in [-0.2, 0) is 28.6 Å². The minimum Gasteiger partial charge on any atom is -0.462 e. The van der Waals surface area contributed by atoms with Crippen molar-refractivity contribution in [1.29, 1.82) is 0 Å². The zero-order valence-corrected chi connectivity index (χ0v) is 47.9. The Morgan fingerprint density at radius 2 is 0.562 bits per heavy atom. The van der Waals surface area contributed by atoms with Gasteiger partial charge in [0.15, 0.2) is 6.10 Å². The van der Waals surface area contributed by atoms with Crippen molar-refractivity contribution < 1.29 is 28.6 Å². The van der Waals surface area contributed by atoms with Gasteiger partial charge in [-0.3, -0.25) is 14.4 Å². The topological polar surface area (TPSA) is 78.9 Å². The zero-order valence-electron chi connectivity index (χ0n) is 47.9. The lowest BCUT2D eigenvalue weighted by Gasteiger charge is -2.18. The molecule has 1 atom stereocenters. The fourth-order valence-electron chi connectivity index (χ4n) is 8.43. The summed E-state index contributed by atoms with van der Waals surface area (Å²) in [5, 5.41) is 0. The Labute approximate surface area is 451 Å². The maximum atomic E-state index is 12.8. The van der Waals surface area contributed by atoms with Crippen LogP contribution in [-0.4, -0.2) is 37.2 Å². The first-order valence-corrected chi connectivity index (χ1v) is 30.7. The van der Waals surface area contributed by atoms with E-state index in [4.69, 9.17) is 14.2 Å². The van der Waals surface area contributed by atoms with Gasteiger partial charge < -0.3 is 14.2 Å². The van der Waals surface area contributed by atoms with Gasteiger partial charge in [-0.1, -0.05) is 259 Å². The standard InChI is InChI=1S/C67H114O6/c1-4-7-10-13-16-19-22-24-26-27-28-29-30-31-32-33-34-35-36-37-38-39-40-41-42-44-45-48-51-54-57-60-66(69)72-63-64(62-71-65(68)59-56-53-50-47-21-18-15-12-9-6-3)73-67(70)61-58-55-52-49-46-43-25-23-20-17-14-11-8-5-2/h7,10,12,14-17,19,23-26,28-29,31-32,64H,4-6,8-9,11,13,18,20-22,27,30,33-63H2,1-3H3/b10-7-,15-12-,17-14-,19-16-,25-23-,26-24-,29-28-,32-31-. The molecule has 6 heteroatoms. The maximum absolute atomic E-state index is 12.8. The van der Waals surface area contributed by atoms with Gasteiger partial charge in [0.1, 0.15) is 13.2 Å². The molecule has 0 aliphatic rings. The molecule has 0 heterocycles. The van der Waals surface area contributed by atoms with Crippen molar-refractivity contribution in [2.45, 2.75) is 297 Å². The average molecular weight is 1020 g/mol. The molecule has 6 nitrogen and oxygen atoms in total. The normalized spacial score (nSPS) is 12.8. The molecule has 0 bridgehead atoms. The van der Waals surface area contributed by atoms with Crippen LogP contribution in [0.5, 0.6) is 0 Å². The maximum Gasteiger partial charge on any atom is 0.306 e. The second kappa shape index (κ2) is 60.9. The molecule has 0 aromatic carbocycles. The average Bonchev–Trinajstić information content (AvgIpc) is 3.39. The lowest BCUT2D eigenvalue weighted by atomic mass is 10.0. The number of hydrogen-bond acceptors (Lipinski definition) is 6. The predicted octanol–water partition coefficient (Wildman–Crippen LogP) is 20.9. The Kier molecular flexibility index (Phi) is 57.8. The Morgan fingerprint density at radius 3 is 0.904 bits per heavy atom. The van der Waals surface area contributed by atoms with E-state index in [0.717, 1.165) is 128 Å². The minimum atomic E-state index is -0.786. The van der Waals surface area contributed by atoms with E-state index in [0.29, 0.717) is 19.3 Å². The molecule has 0 radical (unpaired) electrons. The second-order valence-electron chi connectivity index (χ2n) is 20.2. The highest BCUT2D eigenvalue weighted by atomic mass is 16.6. The highest BCUT2D eigenvalue weighted by Gasteiger charge is 2.19. The summed E-state index contributed by atoms with van der Waals surface area (Å²) in [5.41, 5.74) is 0. The van der Waals surface area contributed by atoms with Gasteiger partial charge in [-0.15, -0.1) is 0 Å². The Bertz CT molecular complexity index is 1440. The smallest absolute Gasteiger partial charge is 0.306 e. The zero-order chi connectivity index (χ0) is 52.9. The number of unbranched alkanes of at least 4 members (excludes halogenated alkanes) is 28. The Hall–Kier alpha value is -3.67. The van der Waals surface area contributed by atoms with Gasteiger partial charge in [0.25, 0.3) is 0 Å². The summed E-state index contributed by atoms with van der Waals surface area (Å²) in [5.74, 6) is -0.905. The third kappa shape index (κ3) is 59.1. The number of ether oxygens (including phenoxy) is 3. The molecule has 0 aromatic heterocycles. The van der Waals surface area contributed by atoms with E-state index in [1.165, 1.54) is 122 Å². The molecule has 0 rings (SSSR count). The van der Waals surface area contributed by atoms with Crippen LogP contribution in [0.3, 0.4) is 0 Å². The summed E-state index contributed by atoms with van der Waals surface area (Å²) < 4.78 is 16.8. The summed E-state index contributed by atoms with van der Waals surface area (Å²) in [6.07, 6.45) is 81.4. The molecule has 0 N–H and O–H groups in total. The van der Waals surface area contributed by atoms with Crippen molar-refractivity contribution in [1.82, 2.24) is 0 Å². The minimum absolute atomic E-state index is 0.0843. The number of carbonyl (C=O) groups excluding carboxylic acids is 3. The molecule has 0 aliphatic heterocycles. The van der Waals surface area contributed by atoms with Crippen LogP contribution in [0.1, 0.15) is 290 Å². The van der Waals surface area contributed by atoms with E-state index >= 15 is 0 Å². The van der Waals surface area contributed by atoms with Crippen LogP contribution in [0.4, 0.5) is 0 Å². The van der Waals surface area contributed by atoms with E-state index in [-0.39, 0.29) is 31.1 Å². The third-order valence-electron chi connectivity index (χ3n) is 13.0. The lowest BCUT2D eigenvalue weighted by Crippen LogP contribution is -2.30. The van der Waals surface area contributed by atoms with Crippen molar-refractivity contribution in [2.24, 2.45) is 0 Å². The van der Waals surface area contributed by atoms with E-state index in [1.807, 2.05) is 0 Å². The van der Waals surface area contributed by atoms with Gasteiger partial charge in [0, 0.05) is 19.3 Å². The molecule has 73 heavy (non-hydrogen) atoms. The molecular weight excluding hydrogens is 901 g/mol. The van der Waals surface area contributed by atoms with Crippen molar-refractivity contribution in [3.63, 3.8) is 0 Å². The van der Waals surface area contributed by atoms with Crippen LogP contribution in [0.2, 0.25) is 0 Å². The highest BCUT2D eigenvalue weighted by molar-refractivity contribution is 5.71. The summed E-state index contributed by atoms with van der Waals surface area (Å²) >= 11 is 0. The number of allylic oxidation sites excluding steroid dienone is 16. The monoisotopic (exact) mass is 1010 g/mol. The summed E-state index contributed by atoms with van der Waals surface area (Å²) in [6, 6.07) is 0. The molecule has 0 spiro atoms. The molecule has 418 valence electrons. The Balaban J connectivity index is 4.14. The van der Waals surface area contributed by atoms with E-state index in [2.05, 4.69) is 118 Å². The fourth-order valence-corrected chi connectivity index (χ4v) is 8.43. The van der Waals surface area contributed by atoms with Gasteiger partial charge in [-0.2, -0.15) is 0 Å². The van der Waals surface area contributed by atoms with Gasteiger partial charge in [-0.05, 0) is 109 Å². The number of hydrogen-bond donors (Lipinski definition) is 0. The molecule has 0 aliphatic carbocycles. The highest BCUT2D eigenvalue weighted by Crippen LogP contribution is 2.16. The molecule has 0 saturated heterocycles. The SMILES string of the molecule is CC/C=C\C/C=C\C/C=C\C/C=C\C/C=C\CCCCCCCCCCCCCCCCCC(=O)OCC(COC(=O)CCCCCCC/C=C\CCC)OC(=O)CCCCCCC/C=C\C/C=C\CCCC. The number of esters is 3. The van der Waals surface area contributed by atoms with Crippen molar-refractivity contribution in [2.75, 3.05) is 13.2 Å². The predicted molar refractivity (Wildman–Crippen MR) is 316 cm³/mol. The first-order valence-electron chi connectivity index (χ1n) is 30.7. The van der Waals surface area contributed by atoms with Crippen molar-refractivity contribution >= 4 is 17.9 Å². The van der Waals surface area contributed by atoms with Crippen LogP contribution < -0.4 is 0 Å². The van der Waals surface area contributed by atoms with E-state index in [1.54, 1.807) is 0 Å². The van der Waals surface area contributed by atoms with Crippen LogP contribution in [0, 0.1) is 0 Å². The van der Waals surface area contributed by atoms with Crippen LogP contribution in [0.15, 0.2) is 97.2 Å². The molecule has 0 fully saturated rings. The Morgan fingerprint density at radius 1 is 0.288 bits per heavy atom. The second-order valence-corrected chi connectivity index (χ2v) is 20.2. The molecule has 0 aromatic rings. The van der Waals surface area contributed by atoms with Crippen LogP contribution >= 0.6 is 0 Å². The number of rotatable bonds is 55. The summed E-state index contributed by atoms with van der Waals surface area (Å²) in [6.45, 7) is 6.42. The first-order chi connectivity index (χ1) is 36.0. The summed E-state index contributed by atoms with van der Waals surface area (Å²) in [7, 11) is 0. The molecule has 1 unspecified atom stereocenters. The number of carbonyl (C=O) groups is 3. The van der Waals surface area contributed by atoms with Gasteiger partial charge in [0.05, 0.1) is 0 Å². The first kappa shape index (κ1) is 69.3. The lowest BCUT2D eigenvalue weighted by molar-refractivity contribution is -0.167. The third-order valence-corrected chi connectivity index (χ3v) is 13.0. The summed E-state index contributed by atoms with van der Waals surface area (Å²) in [4.78, 5) is 38.1. The molecular formula is C67H114O6. The largest absolute Gasteiger partial charge is 0.462 e. The van der Waals surface area contributed by atoms with Crippen LogP contribution in [0.25, 0.3) is 0 Å². The van der Waals surface area contributed by atoms with Crippen molar-refractivity contribution in [3.05, 3.63) is 97.2 Å². The molecule has 0 amide bonds. The van der Waals surface area contributed by atoms with Gasteiger partial charge >= 0.3 is 17.9 Å². The quantitative estimate of drug-likeness (QED) is 0.0261. The van der Waals surface area contributed by atoms with E-state index in [9.17, 15) is 14.4 Å².